The molecular weight excluding hydrogens is 376 g/mol. The molecule has 0 aliphatic carbocycles. The maximum Gasteiger partial charge on any atom is 0.141 e. The Bertz CT molecular complexity index is 895. The molecule has 0 N–H and O–H groups in total. The first kappa shape index (κ1) is 19.9. The van der Waals surface area contributed by atoms with Gasteiger partial charge < -0.3 is 9.47 Å². The normalized spacial score (nSPS) is 12.2. The Morgan fingerprint density at radius 3 is 2.50 bits per heavy atom. The molecule has 28 heavy (non-hydrogen) atoms. The van der Waals surface area contributed by atoms with E-state index in [2.05, 4.69) is 41.3 Å². The molecule has 0 aliphatic heterocycles. The number of benzene rings is 2. The molecule has 2 aromatic carbocycles. The summed E-state index contributed by atoms with van der Waals surface area (Å²) in [6, 6.07) is 13.6. The minimum Gasteiger partial charge on any atom is -0.490 e. The SMILES string of the molecule is CCC(C)c1ccc(OCCOc2ccc(Cl)cc2C=Nn2cnnc2)cc1. The number of aromatic nitrogens is 3. The van der Waals surface area contributed by atoms with E-state index < -0.39 is 0 Å². The van der Waals surface area contributed by atoms with Gasteiger partial charge in [0, 0.05) is 10.6 Å². The van der Waals surface area contributed by atoms with Crippen LogP contribution in [-0.2, 0) is 0 Å². The van der Waals surface area contributed by atoms with Gasteiger partial charge in [0.1, 0.15) is 37.4 Å². The molecule has 0 amide bonds. The van der Waals surface area contributed by atoms with Crippen LogP contribution in [0.15, 0.2) is 60.2 Å². The Hall–Kier alpha value is -2.86. The molecule has 0 radical (unpaired) electrons. The van der Waals surface area contributed by atoms with Gasteiger partial charge in [-0.1, -0.05) is 37.6 Å². The Labute approximate surface area is 169 Å². The van der Waals surface area contributed by atoms with Crippen molar-refractivity contribution in [3.63, 3.8) is 0 Å². The molecule has 6 nitrogen and oxygen atoms in total. The average Bonchev–Trinajstić information content (AvgIpc) is 3.24. The fraction of sp³-hybridized carbons (Fsp3) is 0.286. The van der Waals surface area contributed by atoms with Crippen molar-refractivity contribution in [3.05, 3.63) is 71.3 Å². The van der Waals surface area contributed by atoms with E-state index in [0.29, 0.717) is 29.9 Å². The Morgan fingerprint density at radius 1 is 1.07 bits per heavy atom. The van der Waals surface area contributed by atoms with Crippen molar-refractivity contribution in [2.45, 2.75) is 26.2 Å². The van der Waals surface area contributed by atoms with Crippen molar-refractivity contribution in [1.82, 2.24) is 14.9 Å². The molecule has 7 heteroatoms. The largest absolute Gasteiger partial charge is 0.490 e. The summed E-state index contributed by atoms with van der Waals surface area (Å²) < 4.78 is 13.1. The van der Waals surface area contributed by atoms with Gasteiger partial charge in [-0.2, -0.15) is 5.10 Å². The molecule has 1 heterocycles. The van der Waals surface area contributed by atoms with Crippen molar-refractivity contribution in [3.8, 4) is 11.5 Å². The molecule has 3 aromatic rings. The van der Waals surface area contributed by atoms with Crippen molar-refractivity contribution in [2.24, 2.45) is 5.10 Å². The highest BCUT2D eigenvalue weighted by Gasteiger charge is 2.05. The van der Waals surface area contributed by atoms with Gasteiger partial charge in [-0.05, 0) is 48.2 Å². The smallest absolute Gasteiger partial charge is 0.141 e. The van der Waals surface area contributed by atoms with Gasteiger partial charge in [-0.3, -0.25) is 0 Å². The number of hydrogen-bond donors (Lipinski definition) is 0. The van der Waals surface area contributed by atoms with E-state index in [0.717, 1.165) is 17.7 Å². The molecular formula is C21H23ClN4O2. The lowest BCUT2D eigenvalue weighted by Gasteiger charge is -2.12. The zero-order chi connectivity index (χ0) is 19.8. The summed E-state index contributed by atoms with van der Waals surface area (Å²) in [6.45, 7) is 5.25. The third-order valence-electron chi connectivity index (χ3n) is 4.38. The minimum atomic E-state index is 0.405. The second-order valence-electron chi connectivity index (χ2n) is 6.34. The van der Waals surface area contributed by atoms with Crippen LogP contribution in [0.1, 0.15) is 37.3 Å². The molecule has 0 fully saturated rings. The highest BCUT2D eigenvalue weighted by molar-refractivity contribution is 6.30. The molecule has 146 valence electrons. The minimum absolute atomic E-state index is 0.405. The van der Waals surface area contributed by atoms with Crippen molar-refractivity contribution in [2.75, 3.05) is 13.2 Å². The molecule has 3 rings (SSSR count). The van der Waals surface area contributed by atoms with Crippen LogP contribution in [0, 0.1) is 0 Å². The third-order valence-corrected chi connectivity index (χ3v) is 4.61. The molecule has 1 unspecified atom stereocenters. The van der Waals surface area contributed by atoms with E-state index in [4.69, 9.17) is 21.1 Å². The summed E-state index contributed by atoms with van der Waals surface area (Å²) >= 11 is 6.09. The Kier molecular flexibility index (Phi) is 7.03. The lowest BCUT2D eigenvalue weighted by Crippen LogP contribution is -2.10. The standard InChI is InChI=1S/C21H23ClN4O2/c1-3-16(2)17-4-7-20(8-5-17)27-10-11-28-21-9-6-19(22)12-18(21)13-25-26-14-23-24-15-26/h4-9,12-16H,3,10-11H2,1-2H3. The van der Waals surface area contributed by atoms with Crippen molar-refractivity contribution >= 4 is 17.8 Å². The summed E-state index contributed by atoms with van der Waals surface area (Å²) in [5.74, 6) is 2.07. The maximum absolute atomic E-state index is 6.09. The van der Waals surface area contributed by atoms with E-state index in [-0.39, 0.29) is 0 Å². The van der Waals surface area contributed by atoms with Gasteiger partial charge in [-0.15, -0.1) is 10.2 Å². The lowest BCUT2D eigenvalue weighted by atomic mass is 9.99. The molecule has 0 aliphatic rings. The fourth-order valence-electron chi connectivity index (χ4n) is 2.57. The maximum atomic E-state index is 6.09. The van der Waals surface area contributed by atoms with Crippen LogP contribution in [0.25, 0.3) is 0 Å². The van der Waals surface area contributed by atoms with Crippen LogP contribution in [0.4, 0.5) is 0 Å². The van der Waals surface area contributed by atoms with Crippen LogP contribution < -0.4 is 9.47 Å². The lowest BCUT2D eigenvalue weighted by molar-refractivity contribution is 0.217. The zero-order valence-electron chi connectivity index (χ0n) is 16.0. The summed E-state index contributed by atoms with van der Waals surface area (Å²) in [6.07, 6.45) is 5.78. The third kappa shape index (κ3) is 5.57. The van der Waals surface area contributed by atoms with Crippen LogP contribution in [-0.4, -0.2) is 34.3 Å². The van der Waals surface area contributed by atoms with Crippen LogP contribution in [0.2, 0.25) is 5.02 Å². The number of rotatable bonds is 9. The van der Waals surface area contributed by atoms with Gasteiger partial charge in [0.15, 0.2) is 0 Å². The van der Waals surface area contributed by atoms with Gasteiger partial charge in [0.2, 0.25) is 0 Å². The molecule has 1 atom stereocenters. The van der Waals surface area contributed by atoms with E-state index in [1.165, 1.54) is 22.9 Å². The second kappa shape index (κ2) is 9.90. The monoisotopic (exact) mass is 398 g/mol. The first-order chi connectivity index (χ1) is 13.7. The number of hydrogen-bond acceptors (Lipinski definition) is 5. The van der Waals surface area contributed by atoms with Crippen molar-refractivity contribution < 1.29 is 9.47 Å². The number of halogens is 1. The quantitative estimate of drug-likeness (QED) is 0.384. The van der Waals surface area contributed by atoms with Crippen LogP contribution in [0.3, 0.4) is 0 Å². The fourth-order valence-corrected chi connectivity index (χ4v) is 2.76. The molecule has 0 spiro atoms. The van der Waals surface area contributed by atoms with Gasteiger partial charge in [0.25, 0.3) is 0 Å². The second-order valence-corrected chi connectivity index (χ2v) is 6.78. The van der Waals surface area contributed by atoms with Gasteiger partial charge in [0.05, 0.1) is 6.21 Å². The summed E-state index contributed by atoms with van der Waals surface area (Å²) in [5, 5.41) is 12.3. The molecule has 0 saturated heterocycles. The van der Waals surface area contributed by atoms with Crippen LogP contribution in [0.5, 0.6) is 11.5 Å². The predicted molar refractivity (Wildman–Crippen MR) is 111 cm³/mol. The zero-order valence-corrected chi connectivity index (χ0v) is 16.7. The first-order valence-corrected chi connectivity index (χ1v) is 9.57. The molecule has 0 bridgehead atoms. The summed E-state index contributed by atoms with van der Waals surface area (Å²) in [4.78, 5) is 0. The Morgan fingerprint density at radius 2 is 1.79 bits per heavy atom. The number of ether oxygens (including phenoxy) is 2. The van der Waals surface area contributed by atoms with Gasteiger partial charge >= 0.3 is 0 Å². The molecule has 0 saturated carbocycles. The topological polar surface area (TPSA) is 61.5 Å². The number of nitrogens with zero attached hydrogens (tertiary/aromatic N) is 4. The highest BCUT2D eigenvalue weighted by Crippen LogP contribution is 2.23. The first-order valence-electron chi connectivity index (χ1n) is 9.20. The van der Waals surface area contributed by atoms with Crippen molar-refractivity contribution in [1.29, 1.82) is 0 Å². The van der Waals surface area contributed by atoms with Gasteiger partial charge in [-0.25, -0.2) is 4.68 Å². The Balaban J connectivity index is 1.54. The summed E-state index contributed by atoms with van der Waals surface area (Å²) in [5.41, 5.74) is 2.09. The van der Waals surface area contributed by atoms with E-state index in [9.17, 15) is 0 Å². The highest BCUT2D eigenvalue weighted by atomic mass is 35.5. The van der Waals surface area contributed by atoms with E-state index in [1.807, 2.05) is 18.2 Å². The van der Waals surface area contributed by atoms with E-state index in [1.54, 1.807) is 18.3 Å². The van der Waals surface area contributed by atoms with Crippen LogP contribution >= 0.6 is 11.6 Å². The summed E-state index contributed by atoms with van der Waals surface area (Å²) in [7, 11) is 0. The molecule has 1 aromatic heterocycles. The average molecular weight is 399 g/mol. The van der Waals surface area contributed by atoms with E-state index >= 15 is 0 Å². The predicted octanol–water partition coefficient (Wildman–Crippen LogP) is 4.79.